The van der Waals surface area contributed by atoms with Gasteiger partial charge in [-0.2, -0.15) is 0 Å². The van der Waals surface area contributed by atoms with Crippen molar-refractivity contribution in [2.24, 2.45) is 0 Å². The molecule has 0 aromatic heterocycles. The number of hydrogen-bond donors (Lipinski definition) is 0. The van der Waals surface area contributed by atoms with Crippen LogP contribution in [0, 0.1) is 0 Å². The van der Waals surface area contributed by atoms with E-state index in [1.165, 1.54) is 5.06 Å². The zero-order chi connectivity index (χ0) is 7.68. The number of carbonyl (C=O) groups excluding carboxylic acids is 1. The van der Waals surface area contributed by atoms with Crippen LogP contribution in [0.5, 0.6) is 0 Å². The van der Waals surface area contributed by atoms with Gasteiger partial charge in [0.2, 0.25) is 5.91 Å². The number of nitrogens with zero attached hydrogens (tertiary/aromatic N) is 1. The van der Waals surface area contributed by atoms with Gasteiger partial charge in [0.1, 0.15) is 12.7 Å². The second-order valence-electron chi connectivity index (χ2n) is 2.85. The summed E-state index contributed by atoms with van der Waals surface area (Å²) < 4.78 is 4.94. The summed E-state index contributed by atoms with van der Waals surface area (Å²) >= 11 is 0. The first-order chi connectivity index (χ1) is 5.36. The van der Waals surface area contributed by atoms with E-state index < -0.39 is 0 Å². The fourth-order valence-corrected chi connectivity index (χ4v) is 1.10. The third kappa shape index (κ3) is 1.70. The van der Waals surface area contributed by atoms with Crippen molar-refractivity contribution < 1.29 is 14.4 Å². The smallest absolute Gasteiger partial charge is 0.246 e. The van der Waals surface area contributed by atoms with Crippen molar-refractivity contribution in [2.45, 2.75) is 18.9 Å². The number of hydroxylamine groups is 2. The summed E-state index contributed by atoms with van der Waals surface area (Å²) in [5.41, 5.74) is 0. The Bertz CT molecular complexity index is 167. The van der Waals surface area contributed by atoms with Crippen LogP contribution in [0.1, 0.15) is 12.8 Å². The minimum atomic E-state index is 0.102. The molecule has 0 radical (unpaired) electrons. The highest BCUT2D eigenvalue weighted by Gasteiger charge is 2.27. The summed E-state index contributed by atoms with van der Waals surface area (Å²) in [6, 6.07) is 0. The Morgan fingerprint density at radius 2 is 2.55 bits per heavy atom. The standard InChI is InChI=1S/C7H11NO3/c9-7-2-1-3-8(7)11-5-6-4-10-6/h6H,1-5H2. The summed E-state index contributed by atoms with van der Waals surface area (Å²) in [5.74, 6) is 0.102. The lowest BCUT2D eigenvalue weighted by atomic mass is 10.4. The second kappa shape index (κ2) is 2.79. The van der Waals surface area contributed by atoms with Gasteiger partial charge in [-0.15, -0.1) is 0 Å². The maximum absolute atomic E-state index is 11.0. The van der Waals surface area contributed by atoms with E-state index >= 15 is 0 Å². The normalized spacial score (nSPS) is 29.6. The molecule has 0 aromatic rings. The van der Waals surface area contributed by atoms with E-state index in [0.717, 1.165) is 19.6 Å². The Balaban J connectivity index is 1.71. The van der Waals surface area contributed by atoms with Crippen molar-refractivity contribution in [3.05, 3.63) is 0 Å². The predicted octanol–water partition coefficient (Wildman–Crippen LogP) is -0.0608. The molecule has 11 heavy (non-hydrogen) atoms. The van der Waals surface area contributed by atoms with Gasteiger partial charge in [0.05, 0.1) is 6.61 Å². The van der Waals surface area contributed by atoms with Crippen LogP contribution in [0.3, 0.4) is 0 Å². The van der Waals surface area contributed by atoms with Crippen LogP contribution in [0.15, 0.2) is 0 Å². The van der Waals surface area contributed by atoms with Gasteiger partial charge in [0.15, 0.2) is 0 Å². The molecule has 0 spiro atoms. The lowest BCUT2D eigenvalue weighted by molar-refractivity contribution is -0.178. The number of carbonyl (C=O) groups is 1. The lowest BCUT2D eigenvalue weighted by Crippen LogP contribution is -2.26. The summed E-state index contributed by atoms with van der Waals surface area (Å²) in [7, 11) is 0. The molecule has 1 amide bonds. The maximum atomic E-state index is 11.0. The molecular weight excluding hydrogens is 146 g/mol. The van der Waals surface area contributed by atoms with E-state index in [1.54, 1.807) is 0 Å². The van der Waals surface area contributed by atoms with Crippen LogP contribution in [-0.4, -0.2) is 36.8 Å². The predicted molar refractivity (Wildman–Crippen MR) is 36.6 cm³/mol. The molecule has 2 rings (SSSR count). The molecule has 2 aliphatic heterocycles. The first-order valence-electron chi connectivity index (χ1n) is 3.91. The molecule has 2 aliphatic rings. The Hall–Kier alpha value is -0.610. The van der Waals surface area contributed by atoms with Gasteiger partial charge >= 0.3 is 0 Å². The topological polar surface area (TPSA) is 42.1 Å². The van der Waals surface area contributed by atoms with Gasteiger partial charge in [-0.1, -0.05) is 0 Å². The first kappa shape index (κ1) is 7.06. The van der Waals surface area contributed by atoms with Gasteiger partial charge in [-0.3, -0.25) is 9.63 Å². The van der Waals surface area contributed by atoms with Gasteiger partial charge in [0.25, 0.3) is 0 Å². The SMILES string of the molecule is O=C1CCCN1OCC1CO1. The summed E-state index contributed by atoms with van der Waals surface area (Å²) in [6.45, 7) is 2.05. The van der Waals surface area contributed by atoms with E-state index in [0.29, 0.717) is 13.0 Å². The highest BCUT2D eigenvalue weighted by Crippen LogP contribution is 2.14. The van der Waals surface area contributed by atoms with Gasteiger partial charge < -0.3 is 4.74 Å². The van der Waals surface area contributed by atoms with Crippen molar-refractivity contribution in [1.82, 2.24) is 5.06 Å². The van der Waals surface area contributed by atoms with Gasteiger partial charge in [-0.05, 0) is 6.42 Å². The van der Waals surface area contributed by atoms with Crippen LogP contribution in [-0.2, 0) is 14.4 Å². The Labute approximate surface area is 65.0 Å². The molecule has 0 N–H and O–H groups in total. The van der Waals surface area contributed by atoms with Crippen molar-refractivity contribution in [3.63, 3.8) is 0 Å². The van der Waals surface area contributed by atoms with Crippen LogP contribution >= 0.6 is 0 Å². The fraction of sp³-hybridized carbons (Fsp3) is 0.857. The van der Waals surface area contributed by atoms with E-state index in [-0.39, 0.29) is 12.0 Å². The third-order valence-electron chi connectivity index (χ3n) is 1.85. The first-order valence-corrected chi connectivity index (χ1v) is 3.91. The molecule has 0 aliphatic carbocycles. The van der Waals surface area contributed by atoms with Crippen LogP contribution in [0.4, 0.5) is 0 Å². The van der Waals surface area contributed by atoms with E-state index in [9.17, 15) is 4.79 Å². The molecule has 4 nitrogen and oxygen atoms in total. The maximum Gasteiger partial charge on any atom is 0.246 e. The zero-order valence-corrected chi connectivity index (χ0v) is 6.28. The van der Waals surface area contributed by atoms with Crippen molar-refractivity contribution in [1.29, 1.82) is 0 Å². The number of hydrogen-bond acceptors (Lipinski definition) is 3. The molecule has 62 valence electrons. The van der Waals surface area contributed by atoms with Crippen LogP contribution in [0.25, 0.3) is 0 Å². The zero-order valence-electron chi connectivity index (χ0n) is 6.28. The molecular formula is C7H11NO3. The summed E-state index contributed by atoms with van der Waals surface area (Å²) in [5, 5.41) is 1.45. The molecule has 2 saturated heterocycles. The average Bonchev–Trinajstić information content (AvgIpc) is 2.73. The van der Waals surface area contributed by atoms with Crippen molar-refractivity contribution in [2.75, 3.05) is 19.8 Å². The number of rotatable bonds is 3. The Kier molecular flexibility index (Phi) is 1.79. The molecule has 2 heterocycles. The van der Waals surface area contributed by atoms with E-state index in [4.69, 9.17) is 9.57 Å². The molecule has 4 heteroatoms. The summed E-state index contributed by atoms with van der Waals surface area (Å²) in [6.07, 6.45) is 1.79. The van der Waals surface area contributed by atoms with Crippen molar-refractivity contribution >= 4 is 5.91 Å². The molecule has 1 unspecified atom stereocenters. The Morgan fingerprint density at radius 1 is 1.73 bits per heavy atom. The molecule has 2 fully saturated rings. The monoisotopic (exact) mass is 157 g/mol. The van der Waals surface area contributed by atoms with Crippen LogP contribution < -0.4 is 0 Å². The molecule has 0 aromatic carbocycles. The lowest BCUT2D eigenvalue weighted by Gasteiger charge is -2.13. The number of amides is 1. The fourth-order valence-electron chi connectivity index (χ4n) is 1.10. The number of epoxide rings is 1. The van der Waals surface area contributed by atoms with Crippen molar-refractivity contribution in [3.8, 4) is 0 Å². The quantitative estimate of drug-likeness (QED) is 0.539. The van der Waals surface area contributed by atoms with Gasteiger partial charge in [-0.25, -0.2) is 5.06 Å². The molecule has 0 bridgehead atoms. The highest BCUT2D eigenvalue weighted by atomic mass is 16.7. The average molecular weight is 157 g/mol. The number of ether oxygens (including phenoxy) is 1. The second-order valence-corrected chi connectivity index (χ2v) is 2.85. The van der Waals surface area contributed by atoms with Gasteiger partial charge in [0, 0.05) is 13.0 Å². The molecule has 1 atom stereocenters. The van der Waals surface area contributed by atoms with E-state index in [2.05, 4.69) is 0 Å². The third-order valence-corrected chi connectivity index (χ3v) is 1.85. The Morgan fingerprint density at radius 3 is 3.09 bits per heavy atom. The summed E-state index contributed by atoms with van der Waals surface area (Å²) in [4.78, 5) is 16.2. The van der Waals surface area contributed by atoms with E-state index in [1.807, 2.05) is 0 Å². The minimum absolute atomic E-state index is 0.102. The minimum Gasteiger partial charge on any atom is -0.371 e. The highest BCUT2D eigenvalue weighted by molar-refractivity contribution is 5.76. The largest absolute Gasteiger partial charge is 0.371 e. The molecule has 0 saturated carbocycles. The van der Waals surface area contributed by atoms with Crippen LogP contribution in [0.2, 0.25) is 0 Å².